The molecule has 1 aliphatic heterocycles. The van der Waals surface area contributed by atoms with Crippen LogP contribution in [0.2, 0.25) is 0 Å². The number of hydrogen-bond donors (Lipinski definition) is 1. The van der Waals surface area contributed by atoms with Crippen molar-refractivity contribution in [2.45, 2.75) is 33.1 Å². The summed E-state index contributed by atoms with van der Waals surface area (Å²) in [5, 5.41) is 9.18. The van der Waals surface area contributed by atoms with Gasteiger partial charge in [-0.25, -0.2) is 0 Å². The summed E-state index contributed by atoms with van der Waals surface area (Å²) in [7, 11) is 0. The molecule has 1 N–H and O–H groups in total. The van der Waals surface area contributed by atoms with Gasteiger partial charge >= 0.3 is 5.97 Å². The van der Waals surface area contributed by atoms with Crippen molar-refractivity contribution in [3.8, 4) is 0 Å². The minimum atomic E-state index is -0.606. The van der Waals surface area contributed by atoms with E-state index in [2.05, 4.69) is 18.7 Å². The Morgan fingerprint density at radius 2 is 2.23 bits per heavy atom. The van der Waals surface area contributed by atoms with Crippen LogP contribution in [0.4, 0.5) is 0 Å². The van der Waals surface area contributed by atoms with Crippen molar-refractivity contribution in [2.24, 2.45) is 5.41 Å². The molecule has 0 aromatic heterocycles. The van der Waals surface area contributed by atoms with Crippen molar-refractivity contribution in [1.29, 1.82) is 0 Å². The number of rotatable bonds is 4. The van der Waals surface area contributed by atoms with Crippen LogP contribution in [-0.2, 0) is 4.79 Å². The SMILES string of the molecule is CCCC1(C(=O)O)CCN(CC)C1. The molecule has 0 bridgehead atoms. The molecule has 76 valence electrons. The molecule has 1 heterocycles. The third kappa shape index (κ3) is 2.02. The molecule has 3 heteroatoms. The average Bonchev–Trinajstić information content (AvgIpc) is 2.50. The molecular weight excluding hydrogens is 166 g/mol. The Morgan fingerprint density at radius 3 is 2.62 bits per heavy atom. The monoisotopic (exact) mass is 185 g/mol. The van der Waals surface area contributed by atoms with E-state index in [4.69, 9.17) is 0 Å². The van der Waals surface area contributed by atoms with Gasteiger partial charge in [-0.3, -0.25) is 4.79 Å². The summed E-state index contributed by atoms with van der Waals surface area (Å²) in [6.45, 7) is 6.80. The summed E-state index contributed by atoms with van der Waals surface area (Å²) in [5.74, 6) is -0.606. The lowest BCUT2D eigenvalue weighted by atomic mass is 9.83. The Kier molecular flexibility index (Phi) is 3.31. The largest absolute Gasteiger partial charge is 0.481 e. The minimum absolute atomic E-state index is 0.440. The average molecular weight is 185 g/mol. The second-order valence-corrected chi connectivity index (χ2v) is 3.95. The lowest BCUT2D eigenvalue weighted by molar-refractivity contribution is -0.148. The second-order valence-electron chi connectivity index (χ2n) is 3.95. The Morgan fingerprint density at radius 1 is 1.54 bits per heavy atom. The Labute approximate surface area is 79.7 Å². The van der Waals surface area contributed by atoms with E-state index in [9.17, 15) is 9.90 Å². The first kappa shape index (κ1) is 10.5. The van der Waals surface area contributed by atoms with Gasteiger partial charge in [0.05, 0.1) is 5.41 Å². The van der Waals surface area contributed by atoms with Crippen molar-refractivity contribution in [3.63, 3.8) is 0 Å². The highest BCUT2D eigenvalue weighted by Gasteiger charge is 2.43. The Bertz CT molecular complexity index is 193. The molecule has 0 aliphatic carbocycles. The number of hydrogen-bond acceptors (Lipinski definition) is 2. The number of carboxylic acids is 1. The first-order valence-corrected chi connectivity index (χ1v) is 5.10. The van der Waals surface area contributed by atoms with Gasteiger partial charge in [-0.05, 0) is 25.9 Å². The first-order chi connectivity index (χ1) is 6.14. The fraction of sp³-hybridized carbons (Fsp3) is 0.900. The third-order valence-electron chi connectivity index (χ3n) is 3.06. The van der Waals surface area contributed by atoms with Crippen LogP contribution in [0.1, 0.15) is 33.1 Å². The normalized spacial score (nSPS) is 29.4. The van der Waals surface area contributed by atoms with Gasteiger partial charge in [-0.15, -0.1) is 0 Å². The molecular formula is C10H19NO2. The van der Waals surface area contributed by atoms with Crippen molar-refractivity contribution >= 4 is 5.97 Å². The van der Waals surface area contributed by atoms with Crippen LogP contribution in [0.3, 0.4) is 0 Å². The summed E-state index contributed by atoms with van der Waals surface area (Å²) >= 11 is 0. The fourth-order valence-corrected chi connectivity index (χ4v) is 2.19. The topological polar surface area (TPSA) is 40.5 Å². The van der Waals surface area contributed by atoms with Gasteiger partial charge in [0.2, 0.25) is 0 Å². The molecule has 0 saturated carbocycles. The molecule has 0 aromatic carbocycles. The van der Waals surface area contributed by atoms with Gasteiger partial charge in [0, 0.05) is 6.54 Å². The summed E-state index contributed by atoms with van der Waals surface area (Å²) in [6, 6.07) is 0. The van der Waals surface area contributed by atoms with E-state index < -0.39 is 11.4 Å². The number of nitrogens with zero attached hydrogens (tertiary/aromatic N) is 1. The molecule has 1 fully saturated rings. The van der Waals surface area contributed by atoms with E-state index in [0.29, 0.717) is 0 Å². The van der Waals surface area contributed by atoms with Crippen LogP contribution in [0.25, 0.3) is 0 Å². The van der Waals surface area contributed by atoms with Crippen LogP contribution >= 0.6 is 0 Å². The second kappa shape index (κ2) is 4.09. The predicted molar refractivity (Wildman–Crippen MR) is 51.7 cm³/mol. The standard InChI is InChI=1S/C10H19NO2/c1-3-5-10(9(12)13)6-7-11(4-2)8-10/h3-8H2,1-2H3,(H,12,13). The van der Waals surface area contributed by atoms with Crippen LogP contribution in [-0.4, -0.2) is 35.6 Å². The van der Waals surface area contributed by atoms with E-state index in [1.54, 1.807) is 0 Å². The molecule has 3 nitrogen and oxygen atoms in total. The number of aliphatic carboxylic acids is 1. The van der Waals surface area contributed by atoms with E-state index in [1.165, 1.54) is 0 Å². The van der Waals surface area contributed by atoms with E-state index >= 15 is 0 Å². The van der Waals surface area contributed by atoms with Crippen molar-refractivity contribution in [3.05, 3.63) is 0 Å². The highest BCUT2D eigenvalue weighted by Crippen LogP contribution is 2.35. The zero-order chi connectivity index (χ0) is 9.90. The summed E-state index contributed by atoms with van der Waals surface area (Å²) < 4.78 is 0. The van der Waals surface area contributed by atoms with Crippen LogP contribution in [0.15, 0.2) is 0 Å². The molecule has 1 atom stereocenters. The minimum Gasteiger partial charge on any atom is -0.481 e. The number of likely N-dealkylation sites (tertiary alicyclic amines) is 1. The molecule has 1 saturated heterocycles. The first-order valence-electron chi connectivity index (χ1n) is 5.10. The highest BCUT2D eigenvalue weighted by molar-refractivity contribution is 5.75. The lowest BCUT2D eigenvalue weighted by Gasteiger charge is -2.23. The van der Waals surface area contributed by atoms with Gasteiger partial charge < -0.3 is 10.0 Å². The van der Waals surface area contributed by atoms with E-state index in [-0.39, 0.29) is 0 Å². The van der Waals surface area contributed by atoms with Gasteiger partial charge in [-0.1, -0.05) is 20.3 Å². The fourth-order valence-electron chi connectivity index (χ4n) is 2.19. The third-order valence-corrected chi connectivity index (χ3v) is 3.06. The van der Waals surface area contributed by atoms with Crippen LogP contribution in [0, 0.1) is 5.41 Å². The molecule has 0 spiro atoms. The van der Waals surface area contributed by atoms with Crippen LogP contribution in [0.5, 0.6) is 0 Å². The zero-order valence-corrected chi connectivity index (χ0v) is 8.55. The predicted octanol–water partition coefficient (Wildman–Crippen LogP) is 1.58. The van der Waals surface area contributed by atoms with E-state index in [1.807, 2.05) is 0 Å². The summed E-state index contributed by atoms with van der Waals surface area (Å²) in [5.41, 5.74) is -0.440. The maximum atomic E-state index is 11.1. The molecule has 13 heavy (non-hydrogen) atoms. The van der Waals surface area contributed by atoms with E-state index in [0.717, 1.165) is 38.9 Å². The summed E-state index contributed by atoms with van der Waals surface area (Å²) in [6.07, 6.45) is 2.60. The van der Waals surface area contributed by atoms with Gasteiger partial charge in [0.15, 0.2) is 0 Å². The number of carbonyl (C=O) groups is 1. The lowest BCUT2D eigenvalue weighted by Crippen LogP contribution is -2.34. The maximum Gasteiger partial charge on any atom is 0.310 e. The molecule has 0 radical (unpaired) electrons. The zero-order valence-electron chi connectivity index (χ0n) is 8.55. The molecule has 1 rings (SSSR count). The molecule has 1 aliphatic rings. The Balaban J connectivity index is 2.65. The van der Waals surface area contributed by atoms with Gasteiger partial charge in [0.1, 0.15) is 0 Å². The highest BCUT2D eigenvalue weighted by atomic mass is 16.4. The van der Waals surface area contributed by atoms with Crippen molar-refractivity contribution in [1.82, 2.24) is 4.90 Å². The molecule has 1 unspecified atom stereocenters. The van der Waals surface area contributed by atoms with Crippen molar-refractivity contribution < 1.29 is 9.90 Å². The quantitative estimate of drug-likeness (QED) is 0.723. The smallest absolute Gasteiger partial charge is 0.310 e. The van der Waals surface area contributed by atoms with Gasteiger partial charge in [0.25, 0.3) is 0 Å². The molecule has 0 amide bonds. The van der Waals surface area contributed by atoms with Crippen LogP contribution < -0.4 is 0 Å². The molecule has 0 aromatic rings. The summed E-state index contributed by atoms with van der Waals surface area (Å²) in [4.78, 5) is 13.4. The maximum absolute atomic E-state index is 11.1. The number of carboxylic acid groups (broad SMARTS) is 1. The van der Waals surface area contributed by atoms with Crippen molar-refractivity contribution in [2.75, 3.05) is 19.6 Å². The van der Waals surface area contributed by atoms with Gasteiger partial charge in [-0.2, -0.15) is 0 Å². The Hall–Kier alpha value is -0.570.